The largest absolute Gasteiger partial charge is 0.253 e. The molecule has 0 N–H and O–H groups in total. The second kappa shape index (κ2) is 8.07. The van der Waals surface area contributed by atoms with Crippen molar-refractivity contribution in [1.82, 2.24) is 14.8 Å². The zero-order valence-electron chi connectivity index (χ0n) is 16.0. The first-order valence-electron chi connectivity index (χ1n) is 9.60. The molecule has 9 heteroatoms. The average Bonchev–Trinajstić information content (AvgIpc) is 3.24. The van der Waals surface area contributed by atoms with Crippen LogP contribution in [0, 0.1) is 17.6 Å². The van der Waals surface area contributed by atoms with Gasteiger partial charge in [-0.25, -0.2) is 22.2 Å². The average molecular weight is 452 g/mol. The summed E-state index contributed by atoms with van der Waals surface area (Å²) in [6.45, 7) is 0.600. The van der Waals surface area contributed by atoms with E-state index in [9.17, 15) is 17.2 Å². The van der Waals surface area contributed by atoms with Crippen LogP contribution in [0.3, 0.4) is 0 Å². The summed E-state index contributed by atoms with van der Waals surface area (Å²) in [4.78, 5) is 3.97. The number of benzene rings is 2. The van der Waals surface area contributed by atoms with E-state index in [2.05, 4.69) is 10.1 Å². The normalized spacial score (nSPS) is 22.2. The lowest BCUT2D eigenvalue weighted by molar-refractivity contribution is 0.256. The van der Waals surface area contributed by atoms with Crippen LogP contribution >= 0.6 is 11.6 Å². The third-order valence-electron chi connectivity index (χ3n) is 5.88. The molecular formula is C21H20ClF2N3O2S. The van der Waals surface area contributed by atoms with Gasteiger partial charge in [0.05, 0.1) is 4.90 Å². The van der Waals surface area contributed by atoms with Crippen molar-refractivity contribution in [3.05, 3.63) is 77.3 Å². The molecule has 0 saturated heterocycles. The topological polar surface area (TPSA) is 64.8 Å². The fraction of sp³-hybridized carbons (Fsp3) is 0.333. The third-order valence-corrected chi connectivity index (χ3v) is 8.68. The molecule has 0 spiro atoms. The Morgan fingerprint density at radius 2 is 1.80 bits per heavy atom. The van der Waals surface area contributed by atoms with Crippen molar-refractivity contribution >= 4 is 21.4 Å². The first kappa shape index (κ1) is 20.9. The van der Waals surface area contributed by atoms with Crippen LogP contribution in [0.15, 0.2) is 60.0 Å². The van der Waals surface area contributed by atoms with Gasteiger partial charge in [-0.1, -0.05) is 11.6 Å². The molecule has 0 bridgehead atoms. The second-order valence-electron chi connectivity index (χ2n) is 7.64. The van der Waals surface area contributed by atoms with Gasteiger partial charge in [-0.05, 0) is 74.1 Å². The predicted octanol–water partition coefficient (Wildman–Crippen LogP) is 4.77. The Balaban J connectivity index is 1.75. The molecule has 30 heavy (non-hydrogen) atoms. The summed E-state index contributed by atoms with van der Waals surface area (Å²) in [6, 6.07) is 8.81. The first-order valence-corrected chi connectivity index (χ1v) is 11.5. The number of halogens is 3. The number of aromatic nitrogens is 3. The summed E-state index contributed by atoms with van der Waals surface area (Å²) < 4.78 is 56.5. The third kappa shape index (κ3) is 3.74. The van der Waals surface area contributed by atoms with E-state index in [1.54, 1.807) is 11.0 Å². The Morgan fingerprint density at radius 3 is 2.43 bits per heavy atom. The van der Waals surface area contributed by atoms with Crippen LogP contribution in [-0.4, -0.2) is 23.2 Å². The highest BCUT2D eigenvalue weighted by Gasteiger charge is 2.50. The molecule has 1 heterocycles. The van der Waals surface area contributed by atoms with Gasteiger partial charge in [-0.3, -0.25) is 4.68 Å². The number of nitrogens with zero attached hydrogens (tertiary/aromatic N) is 3. The molecule has 1 fully saturated rings. The molecule has 1 saturated carbocycles. The smallest absolute Gasteiger partial charge is 0.188 e. The van der Waals surface area contributed by atoms with Crippen molar-refractivity contribution in [3.63, 3.8) is 0 Å². The maximum Gasteiger partial charge on any atom is 0.188 e. The lowest BCUT2D eigenvalue weighted by Gasteiger charge is -2.40. The molecule has 0 aliphatic heterocycles. The van der Waals surface area contributed by atoms with Gasteiger partial charge < -0.3 is 0 Å². The van der Waals surface area contributed by atoms with Gasteiger partial charge in [0, 0.05) is 17.1 Å². The summed E-state index contributed by atoms with van der Waals surface area (Å²) in [5.74, 6) is -1.22. The second-order valence-corrected chi connectivity index (χ2v) is 10.3. The summed E-state index contributed by atoms with van der Waals surface area (Å²) in [5, 5.41) is 4.50. The SMILES string of the molecule is O=S(=O)(c1ccc(Cl)cc1)[C@]1(c2cc(F)ccc2F)CC[C@H](Cn2cncn2)CC1. The zero-order chi connectivity index (χ0) is 21.4. The molecule has 2 aromatic carbocycles. The van der Waals surface area contributed by atoms with Crippen LogP contribution in [0.25, 0.3) is 0 Å². The van der Waals surface area contributed by atoms with E-state index < -0.39 is 26.2 Å². The van der Waals surface area contributed by atoms with Gasteiger partial charge in [0.25, 0.3) is 0 Å². The molecule has 1 aromatic heterocycles. The minimum atomic E-state index is -4.02. The molecule has 3 aromatic rings. The van der Waals surface area contributed by atoms with Gasteiger partial charge in [-0.2, -0.15) is 5.10 Å². The first-order chi connectivity index (χ1) is 14.3. The minimum absolute atomic E-state index is 0.0466. The molecule has 0 unspecified atom stereocenters. The molecule has 0 atom stereocenters. The maximum absolute atomic E-state index is 14.8. The van der Waals surface area contributed by atoms with E-state index in [0.717, 1.165) is 18.2 Å². The zero-order valence-corrected chi connectivity index (χ0v) is 17.6. The van der Waals surface area contributed by atoms with E-state index in [1.165, 1.54) is 30.6 Å². The molecular weight excluding hydrogens is 432 g/mol. The molecule has 1 aliphatic rings. The summed E-state index contributed by atoms with van der Waals surface area (Å²) in [7, 11) is -4.02. The predicted molar refractivity (Wildman–Crippen MR) is 109 cm³/mol. The number of hydrogen-bond acceptors (Lipinski definition) is 4. The van der Waals surface area contributed by atoms with Crippen molar-refractivity contribution in [3.8, 4) is 0 Å². The molecule has 5 nitrogen and oxygen atoms in total. The Labute approximate surface area is 178 Å². The van der Waals surface area contributed by atoms with Crippen LogP contribution < -0.4 is 0 Å². The van der Waals surface area contributed by atoms with E-state index >= 15 is 0 Å². The quantitative estimate of drug-likeness (QED) is 0.560. The van der Waals surface area contributed by atoms with Crippen LogP contribution in [0.1, 0.15) is 31.2 Å². The van der Waals surface area contributed by atoms with E-state index in [1.807, 2.05) is 0 Å². The Hall–Kier alpha value is -2.32. The Bertz CT molecular complexity index is 1130. The lowest BCUT2D eigenvalue weighted by Crippen LogP contribution is -2.41. The van der Waals surface area contributed by atoms with E-state index in [4.69, 9.17) is 11.6 Å². The Morgan fingerprint density at radius 1 is 1.10 bits per heavy atom. The number of sulfone groups is 1. The van der Waals surface area contributed by atoms with Crippen LogP contribution in [0.2, 0.25) is 5.02 Å². The molecule has 0 radical (unpaired) electrons. The monoisotopic (exact) mass is 451 g/mol. The minimum Gasteiger partial charge on any atom is -0.253 e. The van der Waals surface area contributed by atoms with Crippen LogP contribution in [-0.2, 0) is 21.1 Å². The lowest BCUT2D eigenvalue weighted by atomic mass is 9.77. The number of rotatable bonds is 5. The molecule has 0 amide bonds. The summed E-state index contributed by atoms with van der Waals surface area (Å²) in [5.41, 5.74) is -0.114. The van der Waals surface area contributed by atoms with Crippen LogP contribution in [0.5, 0.6) is 0 Å². The van der Waals surface area contributed by atoms with Gasteiger partial charge in [0.1, 0.15) is 29.0 Å². The maximum atomic E-state index is 14.8. The van der Waals surface area contributed by atoms with Crippen molar-refractivity contribution < 1.29 is 17.2 Å². The van der Waals surface area contributed by atoms with Crippen molar-refractivity contribution in [2.24, 2.45) is 5.92 Å². The van der Waals surface area contributed by atoms with Crippen molar-refractivity contribution in [2.45, 2.75) is 41.9 Å². The van der Waals surface area contributed by atoms with Gasteiger partial charge >= 0.3 is 0 Å². The van der Waals surface area contributed by atoms with Gasteiger partial charge in [0.2, 0.25) is 0 Å². The highest BCUT2D eigenvalue weighted by atomic mass is 35.5. The van der Waals surface area contributed by atoms with Gasteiger partial charge in [-0.15, -0.1) is 0 Å². The highest BCUT2D eigenvalue weighted by Crippen LogP contribution is 2.49. The van der Waals surface area contributed by atoms with E-state index in [0.29, 0.717) is 24.4 Å². The van der Waals surface area contributed by atoms with Crippen LogP contribution in [0.4, 0.5) is 8.78 Å². The summed E-state index contributed by atoms with van der Waals surface area (Å²) >= 11 is 5.91. The number of hydrogen-bond donors (Lipinski definition) is 0. The van der Waals surface area contributed by atoms with Crippen molar-refractivity contribution in [1.29, 1.82) is 0 Å². The molecule has 158 valence electrons. The fourth-order valence-electron chi connectivity index (χ4n) is 4.29. The fourth-order valence-corrected chi connectivity index (χ4v) is 6.58. The van der Waals surface area contributed by atoms with Gasteiger partial charge in [0.15, 0.2) is 9.84 Å². The standard InChI is InChI=1S/C21H20ClF2N3O2S/c22-16-1-4-18(5-2-16)30(28,29)21(19-11-17(23)3-6-20(19)24)9-7-15(8-10-21)12-27-14-25-13-26-27/h1-6,11,13-15H,7-10,12H2/t15-,21+. The van der Waals surface area contributed by atoms with E-state index in [-0.39, 0.29) is 29.2 Å². The highest BCUT2D eigenvalue weighted by molar-refractivity contribution is 7.92. The Kier molecular flexibility index (Phi) is 5.63. The molecule has 4 rings (SSSR count). The summed E-state index contributed by atoms with van der Waals surface area (Å²) in [6.07, 6.45) is 4.47. The molecule has 1 aliphatic carbocycles. The van der Waals surface area contributed by atoms with Crippen molar-refractivity contribution in [2.75, 3.05) is 0 Å².